The van der Waals surface area contributed by atoms with E-state index < -0.39 is 0 Å². The first-order valence-corrected chi connectivity index (χ1v) is 16.4. The van der Waals surface area contributed by atoms with E-state index in [9.17, 15) is 5.11 Å². The smallest absolute Gasteiger partial charge is 0.128 e. The normalized spacial score (nSPS) is 11.9. The number of aromatic nitrogens is 2. The predicted molar refractivity (Wildman–Crippen MR) is 188 cm³/mol. The summed E-state index contributed by atoms with van der Waals surface area (Å²) in [5.41, 5.74) is 7.00. The molecule has 0 unspecified atom stereocenters. The fraction of sp³-hybridized carbons (Fsp3) is 0.128. The maximum absolute atomic E-state index is 10.5. The van der Waals surface area contributed by atoms with Crippen LogP contribution in [0.3, 0.4) is 0 Å². The van der Waals surface area contributed by atoms with Crippen LogP contribution in [0.1, 0.15) is 26.3 Å². The van der Waals surface area contributed by atoms with Gasteiger partial charge in [-0.25, -0.2) is 4.98 Å². The van der Waals surface area contributed by atoms with Gasteiger partial charge in [-0.1, -0.05) is 75.4 Å². The van der Waals surface area contributed by atoms with E-state index in [4.69, 9.17) is 9.97 Å². The number of benzene rings is 5. The van der Waals surface area contributed by atoms with Gasteiger partial charge >= 0.3 is 0 Å². The van der Waals surface area contributed by atoms with Gasteiger partial charge in [0.15, 0.2) is 0 Å². The largest absolute Gasteiger partial charge is 0.507 e. The Kier molecular flexibility index (Phi) is 7.60. The molecule has 0 fully saturated rings. The van der Waals surface area contributed by atoms with Crippen LogP contribution in [0.25, 0.3) is 74.2 Å². The standard InChI is InChI=1S/C39H29N2OS2.Pt/c1-39(2,3)22-23-16-18-26-25(20-23)17-19-27-30-21-31(40-34(37(30)44-36(26)27)24-10-5-4-6-11-24)28-13-9-15-33-35(28)41-38(43-33)29-12-7-8-14-32(29)42;/h4-10,12-21,42H,22H2,1-3H3;/q-1;. The Morgan fingerprint density at radius 1 is 0.733 bits per heavy atom. The maximum Gasteiger partial charge on any atom is 0.128 e. The zero-order chi connectivity index (χ0) is 30.0. The molecule has 0 bridgehead atoms. The Balaban J connectivity index is 0.00000325. The SMILES string of the molecule is CC(C)(C)Cc1ccc2c(ccc3c4cc(-c5cccc6sc(-c7ccccc7O)nc56)nc(-c5[c-]cccc5)c4sc23)c1.[Pt]. The first-order valence-electron chi connectivity index (χ1n) is 14.8. The first-order chi connectivity index (χ1) is 21.3. The molecular weight excluding hydrogens is 772 g/mol. The molecule has 0 saturated heterocycles. The number of rotatable bonds is 4. The number of phenols is 1. The molecule has 3 nitrogen and oxygen atoms in total. The van der Waals surface area contributed by atoms with Crippen LogP contribution in [0.15, 0.2) is 103 Å². The summed E-state index contributed by atoms with van der Waals surface area (Å²) in [4.78, 5) is 10.4. The third kappa shape index (κ3) is 5.37. The van der Waals surface area contributed by atoms with Gasteiger partial charge in [0, 0.05) is 47.1 Å². The topological polar surface area (TPSA) is 46.0 Å². The average molecular weight is 801 g/mol. The molecule has 224 valence electrons. The molecule has 1 N–H and O–H groups in total. The van der Waals surface area contributed by atoms with Gasteiger partial charge in [0.1, 0.15) is 10.8 Å². The van der Waals surface area contributed by atoms with E-state index in [0.717, 1.165) is 54.4 Å². The van der Waals surface area contributed by atoms with E-state index in [-0.39, 0.29) is 32.2 Å². The van der Waals surface area contributed by atoms with E-state index in [2.05, 4.69) is 87.5 Å². The minimum absolute atomic E-state index is 0. The first kappa shape index (κ1) is 29.8. The van der Waals surface area contributed by atoms with Crippen LogP contribution < -0.4 is 0 Å². The average Bonchev–Trinajstić information content (AvgIpc) is 3.62. The van der Waals surface area contributed by atoms with Crippen molar-refractivity contribution in [3.63, 3.8) is 0 Å². The molecule has 6 heteroatoms. The van der Waals surface area contributed by atoms with Crippen molar-refractivity contribution in [2.75, 3.05) is 0 Å². The number of fused-ring (bicyclic) bond motifs is 6. The number of pyridine rings is 1. The van der Waals surface area contributed by atoms with Crippen molar-refractivity contribution in [3.8, 4) is 38.8 Å². The fourth-order valence-corrected chi connectivity index (χ4v) is 8.47. The summed E-state index contributed by atoms with van der Waals surface area (Å²) >= 11 is 3.40. The molecule has 8 aromatic rings. The molecule has 45 heavy (non-hydrogen) atoms. The summed E-state index contributed by atoms with van der Waals surface area (Å²) in [5.74, 6) is 0.233. The monoisotopic (exact) mass is 800 g/mol. The van der Waals surface area contributed by atoms with Crippen molar-refractivity contribution in [1.82, 2.24) is 9.97 Å². The molecule has 0 aliphatic carbocycles. The minimum atomic E-state index is 0. The van der Waals surface area contributed by atoms with Crippen molar-refractivity contribution < 1.29 is 26.2 Å². The number of para-hydroxylation sites is 2. The Morgan fingerprint density at radius 3 is 2.33 bits per heavy atom. The van der Waals surface area contributed by atoms with Crippen LogP contribution in [0, 0.1) is 11.5 Å². The number of thiazole rings is 1. The van der Waals surface area contributed by atoms with Crippen molar-refractivity contribution in [2.24, 2.45) is 5.41 Å². The second-order valence-electron chi connectivity index (χ2n) is 12.5. The van der Waals surface area contributed by atoms with Gasteiger partial charge in [-0.15, -0.1) is 58.6 Å². The molecule has 5 aromatic carbocycles. The molecule has 3 aromatic heterocycles. The molecule has 0 radical (unpaired) electrons. The van der Waals surface area contributed by atoms with Crippen LogP contribution in [0.5, 0.6) is 5.75 Å². The molecule has 0 atom stereocenters. The number of thiophene rings is 1. The second-order valence-corrected chi connectivity index (χ2v) is 14.6. The van der Waals surface area contributed by atoms with Gasteiger partial charge in [-0.2, -0.15) is 0 Å². The predicted octanol–water partition coefficient (Wildman–Crippen LogP) is 11.3. The summed E-state index contributed by atoms with van der Waals surface area (Å²) in [7, 11) is 0. The Hall–Kier alpha value is -3.89. The quantitative estimate of drug-likeness (QED) is 0.180. The van der Waals surface area contributed by atoms with Crippen LogP contribution in [-0.4, -0.2) is 15.1 Å². The zero-order valence-electron chi connectivity index (χ0n) is 25.0. The van der Waals surface area contributed by atoms with Crippen LogP contribution in [0.4, 0.5) is 0 Å². The van der Waals surface area contributed by atoms with Crippen molar-refractivity contribution in [2.45, 2.75) is 27.2 Å². The van der Waals surface area contributed by atoms with E-state index in [1.54, 1.807) is 17.4 Å². The van der Waals surface area contributed by atoms with Gasteiger partial charge in [0.2, 0.25) is 0 Å². The number of phenolic OH excluding ortho intramolecular Hbond substituents is 1. The second kappa shape index (κ2) is 11.5. The Morgan fingerprint density at radius 2 is 1.53 bits per heavy atom. The summed E-state index contributed by atoms with van der Waals surface area (Å²) < 4.78 is 3.50. The van der Waals surface area contributed by atoms with Gasteiger partial charge < -0.3 is 5.11 Å². The van der Waals surface area contributed by atoms with E-state index in [0.29, 0.717) is 0 Å². The van der Waals surface area contributed by atoms with E-state index in [1.807, 2.05) is 47.7 Å². The molecule has 3 heterocycles. The van der Waals surface area contributed by atoms with Crippen molar-refractivity contribution in [3.05, 3.63) is 115 Å². The third-order valence-electron chi connectivity index (χ3n) is 8.03. The Labute approximate surface area is 284 Å². The summed E-state index contributed by atoms with van der Waals surface area (Å²) in [6.07, 6.45) is 1.04. The number of hydrogen-bond acceptors (Lipinski definition) is 5. The molecule has 0 spiro atoms. The third-order valence-corrected chi connectivity index (χ3v) is 10.3. The molecule has 0 aliphatic rings. The van der Waals surface area contributed by atoms with Crippen molar-refractivity contribution >= 4 is 63.8 Å². The maximum atomic E-state index is 10.5. The van der Waals surface area contributed by atoms with Gasteiger partial charge in [-0.05, 0) is 57.8 Å². The molecule has 0 amide bonds. The summed E-state index contributed by atoms with van der Waals surface area (Å²) in [5, 5.41) is 16.3. The minimum Gasteiger partial charge on any atom is -0.507 e. The molecule has 0 aliphatic heterocycles. The molecule has 8 rings (SSSR count). The Bertz CT molecular complexity index is 2370. The molecular formula is C39H29N2OPtS2-. The summed E-state index contributed by atoms with van der Waals surface area (Å²) in [6, 6.07) is 38.9. The fourth-order valence-electron chi connectivity index (χ4n) is 6.12. The molecule has 0 saturated carbocycles. The van der Waals surface area contributed by atoms with Crippen LogP contribution in [0.2, 0.25) is 0 Å². The number of hydrogen-bond donors (Lipinski definition) is 1. The number of aromatic hydroxyl groups is 1. The van der Waals surface area contributed by atoms with E-state index >= 15 is 0 Å². The van der Waals surface area contributed by atoms with Gasteiger partial charge in [0.25, 0.3) is 0 Å². The van der Waals surface area contributed by atoms with Crippen LogP contribution in [-0.2, 0) is 27.5 Å². The summed E-state index contributed by atoms with van der Waals surface area (Å²) in [6.45, 7) is 6.87. The van der Waals surface area contributed by atoms with Gasteiger partial charge in [-0.3, -0.25) is 4.98 Å². The zero-order valence-corrected chi connectivity index (χ0v) is 28.9. The number of nitrogens with zero attached hydrogens (tertiary/aromatic N) is 2. The van der Waals surface area contributed by atoms with Crippen molar-refractivity contribution in [1.29, 1.82) is 0 Å². The van der Waals surface area contributed by atoms with E-state index in [1.165, 1.54) is 31.8 Å². The van der Waals surface area contributed by atoms with Crippen LogP contribution >= 0.6 is 22.7 Å². The van der Waals surface area contributed by atoms with Gasteiger partial charge in [0.05, 0.1) is 21.5 Å².